The highest BCUT2D eigenvalue weighted by Crippen LogP contribution is 2.42. The lowest BCUT2D eigenvalue weighted by Gasteiger charge is -2.32. The number of carbonyl (C=O) groups is 1. The number of hydrogen-bond donors (Lipinski definition) is 1. The van der Waals surface area contributed by atoms with Crippen LogP contribution in [-0.4, -0.2) is 23.3 Å². The van der Waals surface area contributed by atoms with Crippen molar-refractivity contribution in [1.82, 2.24) is 10.3 Å². The maximum Gasteiger partial charge on any atom is 0.212 e. The van der Waals surface area contributed by atoms with E-state index in [4.69, 9.17) is 14.5 Å². The number of hydrogen-bond acceptors (Lipinski definition) is 6. The Labute approximate surface area is 173 Å². The topological polar surface area (TPSA) is 72.8 Å². The molecule has 0 unspecified atom stereocenters. The van der Waals surface area contributed by atoms with E-state index in [-0.39, 0.29) is 5.60 Å². The van der Waals surface area contributed by atoms with Crippen LogP contribution in [-0.2, 0) is 29.2 Å². The standard InChI is InChI=1S/C22H23N3O3S/c1-14-20(24-12-23-13-26)19-17(10-27-15-7-5-4-6-8-15)16-11-28-22(2,3)9-18(16)25-21(19)29-14/h4-8,12-13H,9-11H2,1-3H3,(H,23,24,26). The van der Waals surface area contributed by atoms with E-state index in [1.54, 1.807) is 11.3 Å². The number of ether oxygens (including phenoxy) is 2. The van der Waals surface area contributed by atoms with Gasteiger partial charge in [0.05, 0.1) is 29.9 Å². The number of aryl methyl sites for hydroxylation is 1. The van der Waals surface area contributed by atoms with Gasteiger partial charge in [-0.2, -0.15) is 0 Å². The Bertz CT molecular complexity index is 1070. The van der Waals surface area contributed by atoms with Gasteiger partial charge in [-0.1, -0.05) is 18.2 Å². The molecule has 3 heterocycles. The number of pyridine rings is 1. The molecule has 29 heavy (non-hydrogen) atoms. The SMILES string of the molecule is Cc1sc2nc3c(c(COc4ccccc4)c2c1N=CNC=O)COC(C)(C)C3. The molecule has 0 aliphatic carbocycles. The van der Waals surface area contributed by atoms with E-state index in [2.05, 4.69) is 24.2 Å². The predicted molar refractivity (Wildman–Crippen MR) is 115 cm³/mol. The Hall–Kier alpha value is -2.77. The van der Waals surface area contributed by atoms with E-state index in [1.807, 2.05) is 37.3 Å². The maximum absolute atomic E-state index is 10.6. The summed E-state index contributed by atoms with van der Waals surface area (Å²) in [6.45, 7) is 7.07. The summed E-state index contributed by atoms with van der Waals surface area (Å²) < 4.78 is 12.2. The number of para-hydroxylation sites is 1. The van der Waals surface area contributed by atoms with Gasteiger partial charge in [0.15, 0.2) is 0 Å². The van der Waals surface area contributed by atoms with Crippen molar-refractivity contribution in [3.63, 3.8) is 0 Å². The molecule has 0 spiro atoms. The average molecular weight is 410 g/mol. The summed E-state index contributed by atoms with van der Waals surface area (Å²) in [7, 11) is 0. The minimum atomic E-state index is -0.244. The third-order valence-corrected chi connectivity index (χ3v) is 5.94. The molecule has 1 aromatic carbocycles. The van der Waals surface area contributed by atoms with E-state index in [0.717, 1.165) is 49.8 Å². The van der Waals surface area contributed by atoms with Gasteiger partial charge in [0.25, 0.3) is 0 Å². The highest BCUT2D eigenvalue weighted by molar-refractivity contribution is 7.19. The summed E-state index contributed by atoms with van der Waals surface area (Å²) in [5.41, 5.74) is 3.75. The van der Waals surface area contributed by atoms with Crippen LogP contribution in [0.15, 0.2) is 35.3 Å². The molecule has 4 rings (SSSR count). The van der Waals surface area contributed by atoms with Gasteiger partial charge in [0.2, 0.25) is 6.41 Å². The van der Waals surface area contributed by atoms with Crippen molar-refractivity contribution in [2.75, 3.05) is 0 Å². The summed E-state index contributed by atoms with van der Waals surface area (Å²) in [4.78, 5) is 22.0. The van der Waals surface area contributed by atoms with Crippen molar-refractivity contribution in [2.24, 2.45) is 4.99 Å². The van der Waals surface area contributed by atoms with Crippen LogP contribution in [0.4, 0.5) is 5.69 Å². The van der Waals surface area contributed by atoms with Gasteiger partial charge in [-0.3, -0.25) is 4.79 Å². The zero-order valence-corrected chi connectivity index (χ0v) is 17.5. The summed E-state index contributed by atoms with van der Waals surface area (Å²) in [6.07, 6.45) is 2.75. The zero-order valence-electron chi connectivity index (χ0n) is 16.7. The highest BCUT2D eigenvalue weighted by Gasteiger charge is 2.31. The van der Waals surface area contributed by atoms with Crippen LogP contribution in [0.5, 0.6) is 5.75 Å². The van der Waals surface area contributed by atoms with E-state index in [0.29, 0.717) is 19.6 Å². The van der Waals surface area contributed by atoms with Gasteiger partial charge in [0, 0.05) is 27.8 Å². The molecule has 0 atom stereocenters. The van der Waals surface area contributed by atoms with Crippen molar-refractivity contribution in [3.8, 4) is 5.75 Å². The Balaban J connectivity index is 1.84. The van der Waals surface area contributed by atoms with Crippen LogP contribution >= 0.6 is 11.3 Å². The van der Waals surface area contributed by atoms with Gasteiger partial charge in [-0.25, -0.2) is 9.98 Å². The molecule has 1 N–H and O–H groups in total. The summed E-state index contributed by atoms with van der Waals surface area (Å²) in [5, 5.41) is 3.45. The van der Waals surface area contributed by atoms with Crippen LogP contribution in [0.1, 0.15) is 35.5 Å². The molecule has 1 aliphatic rings. The molecule has 7 heteroatoms. The number of thiophene rings is 1. The second-order valence-corrected chi connectivity index (χ2v) is 8.78. The number of amides is 1. The number of fused-ring (bicyclic) bond motifs is 2. The second kappa shape index (κ2) is 7.93. The van der Waals surface area contributed by atoms with E-state index in [1.165, 1.54) is 6.34 Å². The number of aromatic nitrogens is 1. The van der Waals surface area contributed by atoms with Crippen LogP contribution in [0.2, 0.25) is 0 Å². The van der Waals surface area contributed by atoms with E-state index < -0.39 is 0 Å². The Kier molecular flexibility index (Phi) is 5.34. The first-order valence-corrected chi connectivity index (χ1v) is 10.3. The molecule has 2 aromatic heterocycles. The second-order valence-electron chi connectivity index (χ2n) is 7.57. The largest absolute Gasteiger partial charge is 0.489 e. The minimum absolute atomic E-state index is 0.244. The fourth-order valence-corrected chi connectivity index (χ4v) is 4.56. The molecule has 0 radical (unpaired) electrons. The van der Waals surface area contributed by atoms with Gasteiger partial charge in [-0.05, 0) is 32.9 Å². The van der Waals surface area contributed by atoms with Crippen molar-refractivity contribution < 1.29 is 14.3 Å². The molecule has 6 nitrogen and oxygen atoms in total. The van der Waals surface area contributed by atoms with Gasteiger partial charge in [0.1, 0.15) is 17.2 Å². The van der Waals surface area contributed by atoms with Crippen molar-refractivity contribution in [3.05, 3.63) is 52.0 Å². The Morgan fingerprint density at radius 2 is 2.14 bits per heavy atom. The molecular weight excluding hydrogens is 386 g/mol. The molecular formula is C22H23N3O3S. The Morgan fingerprint density at radius 1 is 1.34 bits per heavy atom. The number of benzene rings is 1. The number of rotatable bonds is 6. The van der Waals surface area contributed by atoms with Crippen LogP contribution in [0.3, 0.4) is 0 Å². The summed E-state index contributed by atoms with van der Waals surface area (Å²) in [5.74, 6) is 0.808. The predicted octanol–water partition coefficient (Wildman–Crippen LogP) is 4.44. The number of nitrogens with zero attached hydrogens (tertiary/aromatic N) is 2. The normalized spacial score (nSPS) is 15.4. The Morgan fingerprint density at radius 3 is 2.90 bits per heavy atom. The van der Waals surface area contributed by atoms with Crippen LogP contribution < -0.4 is 10.1 Å². The molecule has 0 fully saturated rings. The van der Waals surface area contributed by atoms with Gasteiger partial charge >= 0.3 is 0 Å². The first kappa shape index (κ1) is 19.5. The fourth-order valence-electron chi connectivity index (χ4n) is 3.55. The van der Waals surface area contributed by atoms with E-state index >= 15 is 0 Å². The minimum Gasteiger partial charge on any atom is -0.489 e. The molecule has 3 aromatic rings. The monoisotopic (exact) mass is 409 g/mol. The van der Waals surface area contributed by atoms with Gasteiger partial charge < -0.3 is 14.8 Å². The highest BCUT2D eigenvalue weighted by atomic mass is 32.1. The first-order chi connectivity index (χ1) is 14.0. The van der Waals surface area contributed by atoms with Crippen molar-refractivity contribution in [2.45, 2.75) is 46.0 Å². The van der Waals surface area contributed by atoms with Crippen molar-refractivity contribution >= 4 is 40.0 Å². The van der Waals surface area contributed by atoms with Crippen LogP contribution in [0, 0.1) is 6.92 Å². The lowest BCUT2D eigenvalue weighted by molar-refractivity contribution is -0.108. The molecule has 150 valence electrons. The zero-order chi connectivity index (χ0) is 20.4. The van der Waals surface area contributed by atoms with E-state index in [9.17, 15) is 4.79 Å². The van der Waals surface area contributed by atoms with Crippen molar-refractivity contribution in [1.29, 1.82) is 0 Å². The first-order valence-electron chi connectivity index (χ1n) is 9.46. The lowest BCUT2D eigenvalue weighted by atomic mass is 9.92. The molecule has 1 amide bonds. The number of aliphatic imine (C=N–C) groups is 1. The third kappa shape index (κ3) is 4.02. The maximum atomic E-state index is 10.6. The molecule has 0 saturated carbocycles. The smallest absolute Gasteiger partial charge is 0.212 e. The number of nitrogens with one attached hydrogen (secondary N) is 1. The quantitative estimate of drug-likeness (QED) is 0.371. The molecule has 0 bridgehead atoms. The number of carbonyl (C=O) groups excluding carboxylic acids is 1. The summed E-state index contributed by atoms with van der Waals surface area (Å²) >= 11 is 1.61. The fraction of sp³-hybridized carbons (Fsp3) is 0.318. The average Bonchev–Trinajstić information content (AvgIpc) is 3.00. The molecule has 1 aliphatic heterocycles. The summed E-state index contributed by atoms with van der Waals surface area (Å²) in [6, 6.07) is 9.75. The van der Waals surface area contributed by atoms with Crippen LogP contribution in [0.25, 0.3) is 10.2 Å². The lowest BCUT2D eigenvalue weighted by Crippen LogP contribution is -2.33. The van der Waals surface area contributed by atoms with Gasteiger partial charge in [-0.15, -0.1) is 11.3 Å². The third-order valence-electron chi connectivity index (χ3n) is 4.95. The molecule has 0 saturated heterocycles.